The fourth-order valence-electron chi connectivity index (χ4n) is 2.28. The Morgan fingerprint density at radius 2 is 1.38 bits per heavy atom. The van der Waals surface area contributed by atoms with Crippen LogP contribution in [0.2, 0.25) is 0 Å². The number of carbonyl (C=O) groups excluding carboxylic acids is 2. The zero-order valence-electron chi connectivity index (χ0n) is 14.1. The average molecular weight is 347 g/mol. The summed E-state index contributed by atoms with van der Waals surface area (Å²) in [6, 6.07) is 17.1. The van der Waals surface area contributed by atoms with Crippen LogP contribution in [0.1, 0.15) is 20.7 Å². The minimum Gasteiger partial charge on any atom is -0.497 e. The molecule has 3 rings (SSSR count). The first kappa shape index (κ1) is 17.2. The van der Waals surface area contributed by atoms with Gasteiger partial charge in [-0.05, 0) is 60.7 Å². The standard InChI is InChI=1S/C20H17N3O3/c1-26-18-10-4-14(5-11-18)19(24)22-16-6-8-17(9-7-16)23-20(25)15-3-2-12-21-13-15/h2-13H,1H3,(H,22,24)(H,23,25). The molecule has 26 heavy (non-hydrogen) atoms. The fraction of sp³-hybridized carbons (Fsp3) is 0.0500. The molecule has 6 nitrogen and oxygen atoms in total. The molecule has 0 radical (unpaired) electrons. The van der Waals surface area contributed by atoms with E-state index in [0.29, 0.717) is 28.3 Å². The van der Waals surface area contributed by atoms with Crippen molar-refractivity contribution in [3.05, 3.63) is 84.2 Å². The van der Waals surface area contributed by atoms with Crippen molar-refractivity contribution in [2.75, 3.05) is 17.7 Å². The Labute approximate surface area is 150 Å². The Balaban J connectivity index is 1.62. The molecule has 0 saturated heterocycles. The lowest BCUT2D eigenvalue weighted by atomic mass is 10.2. The number of hydrogen-bond donors (Lipinski definition) is 2. The van der Waals surface area contributed by atoms with Crippen LogP contribution < -0.4 is 15.4 Å². The van der Waals surface area contributed by atoms with Crippen molar-refractivity contribution in [2.45, 2.75) is 0 Å². The molecule has 0 aliphatic carbocycles. The highest BCUT2D eigenvalue weighted by molar-refractivity contribution is 6.05. The molecule has 0 fully saturated rings. The van der Waals surface area contributed by atoms with Gasteiger partial charge in [-0.25, -0.2) is 0 Å². The van der Waals surface area contributed by atoms with Gasteiger partial charge in [-0.3, -0.25) is 14.6 Å². The molecule has 0 aliphatic heterocycles. The molecule has 130 valence electrons. The number of anilines is 2. The number of nitrogens with one attached hydrogen (secondary N) is 2. The van der Waals surface area contributed by atoms with Gasteiger partial charge in [0.25, 0.3) is 11.8 Å². The van der Waals surface area contributed by atoms with Crippen LogP contribution in [0.25, 0.3) is 0 Å². The molecule has 6 heteroatoms. The summed E-state index contributed by atoms with van der Waals surface area (Å²) in [6.45, 7) is 0. The second-order valence-corrected chi connectivity index (χ2v) is 5.46. The Hall–Kier alpha value is -3.67. The van der Waals surface area contributed by atoms with E-state index >= 15 is 0 Å². The average Bonchev–Trinajstić information content (AvgIpc) is 2.70. The smallest absolute Gasteiger partial charge is 0.257 e. The Bertz CT molecular complexity index is 892. The van der Waals surface area contributed by atoms with E-state index < -0.39 is 0 Å². The van der Waals surface area contributed by atoms with Crippen LogP contribution in [0, 0.1) is 0 Å². The number of rotatable bonds is 5. The predicted molar refractivity (Wildman–Crippen MR) is 99.6 cm³/mol. The third-order valence-corrected chi connectivity index (χ3v) is 3.68. The molecule has 2 amide bonds. The number of nitrogens with zero attached hydrogens (tertiary/aromatic N) is 1. The highest BCUT2D eigenvalue weighted by Gasteiger charge is 2.08. The van der Waals surface area contributed by atoms with E-state index in [-0.39, 0.29) is 11.8 Å². The highest BCUT2D eigenvalue weighted by atomic mass is 16.5. The molecule has 0 spiro atoms. The summed E-state index contributed by atoms with van der Waals surface area (Å²) in [5.74, 6) is 0.225. The molecule has 1 heterocycles. The van der Waals surface area contributed by atoms with Gasteiger partial charge >= 0.3 is 0 Å². The molecule has 0 bridgehead atoms. The van der Waals surface area contributed by atoms with Crippen molar-refractivity contribution in [3.8, 4) is 5.75 Å². The van der Waals surface area contributed by atoms with Crippen molar-refractivity contribution in [1.29, 1.82) is 0 Å². The van der Waals surface area contributed by atoms with Crippen LogP contribution in [0.5, 0.6) is 5.75 Å². The van der Waals surface area contributed by atoms with Crippen LogP contribution in [-0.4, -0.2) is 23.9 Å². The predicted octanol–water partition coefficient (Wildman–Crippen LogP) is 3.59. The van der Waals surface area contributed by atoms with Gasteiger partial charge in [0.05, 0.1) is 12.7 Å². The van der Waals surface area contributed by atoms with Gasteiger partial charge in [-0.1, -0.05) is 0 Å². The minimum absolute atomic E-state index is 0.222. The lowest BCUT2D eigenvalue weighted by molar-refractivity contribution is 0.101. The summed E-state index contributed by atoms with van der Waals surface area (Å²) in [6.07, 6.45) is 3.11. The molecule has 3 aromatic rings. The van der Waals surface area contributed by atoms with E-state index in [4.69, 9.17) is 4.74 Å². The number of ether oxygens (including phenoxy) is 1. The van der Waals surface area contributed by atoms with Gasteiger partial charge in [-0.2, -0.15) is 0 Å². The van der Waals surface area contributed by atoms with Gasteiger partial charge in [-0.15, -0.1) is 0 Å². The summed E-state index contributed by atoms with van der Waals surface area (Å²) in [4.78, 5) is 28.2. The Kier molecular flexibility index (Phi) is 5.24. The summed E-state index contributed by atoms with van der Waals surface area (Å²) in [7, 11) is 1.57. The van der Waals surface area contributed by atoms with Crippen LogP contribution in [0.15, 0.2) is 73.1 Å². The molecule has 2 aromatic carbocycles. The van der Waals surface area contributed by atoms with E-state index in [1.54, 1.807) is 74.0 Å². The van der Waals surface area contributed by atoms with E-state index in [1.807, 2.05) is 0 Å². The molecule has 0 aliphatic rings. The van der Waals surface area contributed by atoms with Crippen LogP contribution in [0.4, 0.5) is 11.4 Å². The number of hydrogen-bond acceptors (Lipinski definition) is 4. The lowest BCUT2D eigenvalue weighted by Crippen LogP contribution is -2.13. The van der Waals surface area contributed by atoms with Gasteiger partial charge in [0, 0.05) is 29.3 Å². The topological polar surface area (TPSA) is 80.3 Å². The first-order valence-corrected chi connectivity index (χ1v) is 7.92. The van der Waals surface area contributed by atoms with Crippen molar-refractivity contribution in [3.63, 3.8) is 0 Å². The minimum atomic E-state index is -0.242. The second-order valence-electron chi connectivity index (χ2n) is 5.46. The van der Waals surface area contributed by atoms with E-state index in [1.165, 1.54) is 6.20 Å². The van der Waals surface area contributed by atoms with Gasteiger partial charge < -0.3 is 15.4 Å². The fourth-order valence-corrected chi connectivity index (χ4v) is 2.28. The van der Waals surface area contributed by atoms with Crippen LogP contribution in [-0.2, 0) is 0 Å². The van der Waals surface area contributed by atoms with Crippen molar-refractivity contribution >= 4 is 23.2 Å². The van der Waals surface area contributed by atoms with Gasteiger partial charge in [0.2, 0.25) is 0 Å². The van der Waals surface area contributed by atoms with Crippen molar-refractivity contribution in [2.24, 2.45) is 0 Å². The quantitative estimate of drug-likeness (QED) is 0.739. The van der Waals surface area contributed by atoms with E-state index in [2.05, 4.69) is 15.6 Å². The monoisotopic (exact) mass is 347 g/mol. The zero-order chi connectivity index (χ0) is 18.4. The van der Waals surface area contributed by atoms with Crippen LogP contribution >= 0.6 is 0 Å². The number of pyridine rings is 1. The molecule has 2 N–H and O–H groups in total. The summed E-state index contributed by atoms with van der Waals surface area (Å²) < 4.78 is 5.07. The Morgan fingerprint density at radius 3 is 1.88 bits per heavy atom. The van der Waals surface area contributed by atoms with E-state index in [0.717, 1.165) is 0 Å². The van der Waals surface area contributed by atoms with E-state index in [9.17, 15) is 9.59 Å². The van der Waals surface area contributed by atoms with Crippen molar-refractivity contribution < 1.29 is 14.3 Å². The summed E-state index contributed by atoms with van der Waals surface area (Å²) in [5.41, 5.74) is 2.26. The maximum Gasteiger partial charge on any atom is 0.257 e. The molecule has 0 saturated carbocycles. The largest absolute Gasteiger partial charge is 0.497 e. The number of benzene rings is 2. The number of amides is 2. The highest BCUT2D eigenvalue weighted by Crippen LogP contribution is 2.17. The second kappa shape index (κ2) is 7.94. The normalized spacial score (nSPS) is 10.0. The van der Waals surface area contributed by atoms with Gasteiger partial charge in [0.15, 0.2) is 0 Å². The van der Waals surface area contributed by atoms with Gasteiger partial charge in [0.1, 0.15) is 5.75 Å². The molecule has 1 aromatic heterocycles. The Morgan fingerprint density at radius 1 is 0.808 bits per heavy atom. The maximum atomic E-state index is 12.2. The first-order chi connectivity index (χ1) is 12.7. The van der Waals surface area contributed by atoms with Crippen LogP contribution in [0.3, 0.4) is 0 Å². The number of carbonyl (C=O) groups is 2. The third kappa shape index (κ3) is 4.24. The SMILES string of the molecule is COc1ccc(C(=O)Nc2ccc(NC(=O)c3cccnc3)cc2)cc1. The first-order valence-electron chi connectivity index (χ1n) is 7.92. The summed E-state index contributed by atoms with van der Waals surface area (Å²) >= 11 is 0. The van der Waals surface area contributed by atoms with Crippen molar-refractivity contribution in [1.82, 2.24) is 4.98 Å². The molecule has 0 atom stereocenters. The summed E-state index contributed by atoms with van der Waals surface area (Å²) in [5, 5.41) is 5.58. The number of methoxy groups -OCH3 is 1. The lowest BCUT2D eigenvalue weighted by Gasteiger charge is -2.08. The molecular weight excluding hydrogens is 330 g/mol. The molecule has 0 unspecified atom stereocenters. The third-order valence-electron chi connectivity index (χ3n) is 3.68. The maximum absolute atomic E-state index is 12.2. The number of aromatic nitrogens is 1. The molecular formula is C20H17N3O3. The zero-order valence-corrected chi connectivity index (χ0v) is 14.1.